The number of nitrogens with zero attached hydrogens (tertiary/aromatic N) is 2. The molecule has 0 bridgehead atoms. The molecule has 0 aliphatic rings. The van der Waals surface area contributed by atoms with E-state index in [-0.39, 0.29) is 0 Å². The molecule has 1 aromatic heterocycles. The predicted molar refractivity (Wildman–Crippen MR) is 191 cm³/mol. The van der Waals surface area contributed by atoms with Crippen LogP contribution in [0.3, 0.4) is 0 Å². The SMILES string of the molecule is [B]C([B])([B])c1nc2ccccc2n1-c1ccc(-c2c3ccccc3c(-c3ccc(-c4ccccc4)cc3)c3ccccc23)cc1. The van der Waals surface area contributed by atoms with Gasteiger partial charge in [-0.2, -0.15) is 0 Å². The highest BCUT2D eigenvalue weighted by Crippen LogP contribution is 2.44. The molecule has 0 aliphatic heterocycles. The molecule has 0 amide bonds. The number of hydrogen-bond acceptors (Lipinski definition) is 1. The molecular formula is C40H25B3N2. The smallest absolute Gasteiger partial charge is 0.0951 e. The molecule has 0 fully saturated rings. The average Bonchev–Trinajstić information content (AvgIpc) is 3.49. The molecule has 0 spiro atoms. The maximum atomic E-state index is 6.18. The molecule has 8 aromatic rings. The molecule has 2 nitrogen and oxygen atoms in total. The lowest BCUT2D eigenvalue weighted by atomic mass is 9.42. The first kappa shape index (κ1) is 27.3. The quantitative estimate of drug-likeness (QED) is 0.150. The normalized spacial score (nSPS) is 11.8. The molecule has 0 atom stereocenters. The minimum atomic E-state index is -1.60. The molecule has 0 N–H and O–H groups in total. The summed E-state index contributed by atoms with van der Waals surface area (Å²) in [4.78, 5) is 4.67. The van der Waals surface area contributed by atoms with E-state index in [2.05, 4.69) is 126 Å². The Bertz CT molecular complexity index is 2280. The fourth-order valence-corrected chi connectivity index (χ4v) is 6.57. The lowest BCUT2D eigenvalue weighted by Crippen LogP contribution is -2.31. The van der Waals surface area contributed by atoms with Crippen LogP contribution < -0.4 is 0 Å². The van der Waals surface area contributed by atoms with E-state index in [1.807, 2.05) is 34.9 Å². The van der Waals surface area contributed by atoms with Crippen molar-refractivity contribution < 1.29 is 0 Å². The molecule has 0 unspecified atom stereocenters. The van der Waals surface area contributed by atoms with Crippen LogP contribution in [-0.2, 0) is 5.11 Å². The zero-order valence-corrected chi connectivity index (χ0v) is 24.6. The Kier molecular flexibility index (Phi) is 6.50. The average molecular weight is 566 g/mol. The first-order valence-corrected chi connectivity index (χ1v) is 15.0. The number of para-hydroxylation sites is 2. The summed E-state index contributed by atoms with van der Waals surface area (Å²) in [5.74, 6) is 0.398. The van der Waals surface area contributed by atoms with Gasteiger partial charge in [0.15, 0.2) is 0 Å². The Hall–Kier alpha value is -5.28. The van der Waals surface area contributed by atoms with Crippen molar-refractivity contribution in [2.75, 3.05) is 0 Å². The predicted octanol–water partition coefficient (Wildman–Crippen LogP) is 8.95. The third kappa shape index (κ3) is 4.67. The summed E-state index contributed by atoms with van der Waals surface area (Å²) in [7, 11) is 18.5. The van der Waals surface area contributed by atoms with Crippen molar-refractivity contribution in [2.45, 2.75) is 5.11 Å². The van der Waals surface area contributed by atoms with Gasteiger partial charge < -0.3 is 0 Å². The van der Waals surface area contributed by atoms with Crippen molar-refractivity contribution in [3.05, 3.63) is 157 Å². The molecule has 8 rings (SSSR count). The van der Waals surface area contributed by atoms with Gasteiger partial charge in [0.05, 0.1) is 40.4 Å². The van der Waals surface area contributed by atoms with Gasteiger partial charge in [0.2, 0.25) is 0 Å². The number of fused-ring (bicyclic) bond motifs is 3. The van der Waals surface area contributed by atoms with Crippen LogP contribution in [-0.4, -0.2) is 33.1 Å². The molecule has 6 radical (unpaired) electrons. The summed E-state index contributed by atoms with van der Waals surface area (Å²) in [6.07, 6.45) is 0. The molecule has 0 saturated carbocycles. The van der Waals surface area contributed by atoms with Gasteiger partial charge in [0.1, 0.15) is 0 Å². The summed E-state index contributed by atoms with van der Waals surface area (Å²) in [6, 6.07) is 53.1. The molecule has 1 heterocycles. The van der Waals surface area contributed by atoms with E-state index < -0.39 is 5.11 Å². The van der Waals surface area contributed by atoms with Crippen molar-refractivity contribution in [1.82, 2.24) is 9.55 Å². The van der Waals surface area contributed by atoms with Crippen molar-refractivity contribution in [3.8, 4) is 39.1 Å². The minimum Gasteiger partial charge on any atom is -0.298 e. The van der Waals surface area contributed by atoms with E-state index >= 15 is 0 Å². The maximum Gasteiger partial charge on any atom is 0.0951 e. The maximum absolute atomic E-state index is 6.18. The highest BCUT2D eigenvalue weighted by Gasteiger charge is 2.23. The molecule has 5 heteroatoms. The van der Waals surface area contributed by atoms with Gasteiger partial charge in [-0.1, -0.05) is 133 Å². The van der Waals surface area contributed by atoms with Crippen LogP contribution in [0.5, 0.6) is 0 Å². The third-order valence-electron chi connectivity index (χ3n) is 8.57. The van der Waals surface area contributed by atoms with Gasteiger partial charge in [-0.3, -0.25) is 4.57 Å². The number of benzene rings is 7. The monoisotopic (exact) mass is 566 g/mol. The molecule has 45 heavy (non-hydrogen) atoms. The van der Waals surface area contributed by atoms with Crippen LogP contribution in [0.25, 0.3) is 71.6 Å². The number of aromatic nitrogens is 2. The Balaban J connectivity index is 1.30. The third-order valence-corrected chi connectivity index (χ3v) is 8.57. The standard InChI is InChI=1S/C40H25B3N2/c41-40(42,43)39-44-35-16-8-9-17-36(35)45(39)30-24-22-29(23-25-30)38-33-14-6-4-12-31(33)37(32-13-5-7-15-34(32)38)28-20-18-27(19-21-28)26-10-2-1-3-11-26/h1-25H. The number of rotatable bonds is 5. The minimum absolute atomic E-state index is 0.398. The van der Waals surface area contributed by atoms with E-state index in [1.54, 1.807) is 0 Å². The largest absolute Gasteiger partial charge is 0.298 e. The Labute approximate surface area is 266 Å². The van der Waals surface area contributed by atoms with Crippen LogP contribution >= 0.6 is 0 Å². The van der Waals surface area contributed by atoms with Crippen LogP contribution in [0.15, 0.2) is 152 Å². The van der Waals surface area contributed by atoms with Gasteiger partial charge >= 0.3 is 0 Å². The molecular weight excluding hydrogens is 541 g/mol. The van der Waals surface area contributed by atoms with Gasteiger partial charge in [-0.15, -0.1) is 0 Å². The fourth-order valence-electron chi connectivity index (χ4n) is 6.57. The fraction of sp³-hybridized carbons (Fsp3) is 0.0250. The summed E-state index contributed by atoms with van der Waals surface area (Å²) in [6.45, 7) is 0. The second kappa shape index (κ2) is 10.7. The first-order chi connectivity index (χ1) is 22.0. The summed E-state index contributed by atoms with van der Waals surface area (Å²) in [5, 5.41) is 3.23. The van der Waals surface area contributed by atoms with Crippen LogP contribution in [0.1, 0.15) is 5.82 Å². The second-order valence-corrected chi connectivity index (χ2v) is 11.5. The number of hydrogen-bond donors (Lipinski definition) is 0. The van der Waals surface area contributed by atoms with E-state index in [0.717, 1.165) is 22.3 Å². The lowest BCUT2D eigenvalue weighted by Gasteiger charge is -2.22. The first-order valence-electron chi connectivity index (χ1n) is 15.0. The van der Waals surface area contributed by atoms with E-state index in [1.165, 1.54) is 49.4 Å². The molecule has 0 aliphatic carbocycles. The summed E-state index contributed by atoms with van der Waals surface area (Å²) < 4.78 is 1.94. The summed E-state index contributed by atoms with van der Waals surface area (Å²) >= 11 is 0. The molecule has 7 aromatic carbocycles. The number of imidazole rings is 1. The van der Waals surface area contributed by atoms with Crippen molar-refractivity contribution in [3.63, 3.8) is 0 Å². The van der Waals surface area contributed by atoms with E-state index in [4.69, 9.17) is 23.5 Å². The van der Waals surface area contributed by atoms with E-state index in [9.17, 15) is 0 Å². The van der Waals surface area contributed by atoms with Gasteiger partial charge in [0, 0.05) is 5.69 Å². The highest BCUT2D eigenvalue weighted by molar-refractivity contribution is 6.58. The van der Waals surface area contributed by atoms with Gasteiger partial charge in [-0.25, -0.2) is 4.98 Å². The van der Waals surface area contributed by atoms with Crippen molar-refractivity contribution >= 4 is 56.1 Å². The Morgan fingerprint density at radius 3 is 1.38 bits per heavy atom. The summed E-state index contributed by atoms with van der Waals surface area (Å²) in [5.41, 5.74) is 9.71. The highest BCUT2D eigenvalue weighted by atomic mass is 15.1. The molecule has 0 saturated heterocycles. The van der Waals surface area contributed by atoms with Gasteiger partial charge in [0.25, 0.3) is 0 Å². The zero-order chi connectivity index (χ0) is 30.5. The van der Waals surface area contributed by atoms with Crippen LogP contribution in [0.4, 0.5) is 0 Å². The van der Waals surface area contributed by atoms with Crippen LogP contribution in [0, 0.1) is 0 Å². The van der Waals surface area contributed by atoms with E-state index in [0.29, 0.717) is 5.82 Å². The van der Waals surface area contributed by atoms with Gasteiger partial charge in [-0.05, 0) is 79.2 Å². The lowest BCUT2D eigenvalue weighted by molar-refractivity contribution is 0.929. The second-order valence-electron chi connectivity index (χ2n) is 11.5. The Morgan fingerprint density at radius 1 is 0.422 bits per heavy atom. The Morgan fingerprint density at radius 2 is 0.844 bits per heavy atom. The zero-order valence-electron chi connectivity index (χ0n) is 24.6. The topological polar surface area (TPSA) is 17.8 Å². The van der Waals surface area contributed by atoms with Crippen LogP contribution in [0.2, 0.25) is 0 Å². The molecule has 204 valence electrons. The van der Waals surface area contributed by atoms with Crippen molar-refractivity contribution in [2.24, 2.45) is 0 Å². The van der Waals surface area contributed by atoms with Crippen molar-refractivity contribution in [1.29, 1.82) is 0 Å².